The Morgan fingerprint density at radius 3 is 2.84 bits per heavy atom. The fourth-order valence-electron chi connectivity index (χ4n) is 1.99. The first kappa shape index (κ1) is 13.3. The Morgan fingerprint density at radius 2 is 2.21 bits per heavy atom. The van der Waals surface area contributed by atoms with Crippen LogP contribution in [0.5, 0.6) is 0 Å². The van der Waals surface area contributed by atoms with Gasteiger partial charge in [0.25, 0.3) is 0 Å². The number of esters is 1. The minimum absolute atomic E-state index is 0.188. The summed E-state index contributed by atoms with van der Waals surface area (Å²) in [6.07, 6.45) is 0.847. The molecule has 5 heteroatoms. The van der Waals surface area contributed by atoms with E-state index in [-0.39, 0.29) is 11.1 Å². The molecule has 0 aliphatic rings. The molecule has 1 aromatic heterocycles. The van der Waals surface area contributed by atoms with Gasteiger partial charge in [-0.2, -0.15) is 5.10 Å². The highest BCUT2D eigenvalue weighted by atomic mass is 16.5. The number of hydrogen-bond acceptors (Lipinski definition) is 4. The van der Waals surface area contributed by atoms with Crippen LogP contribution >= 0.6 is 0 Å². The summed E-state index contributed by atoms with van der Waals surface area (Å²) in [4.78, 5) is 23.9. The van der Waals surface area contributed by atoms with Crippen LogP contribution in [0.3, 0.4) is 0 Å². The molecule has 1 unspecified atom stereocenters. The number of rotatable bonds is 3. The van der Waals surface area contributed by atoms with Crippen molar-refractivity contribution in [2.75, 3.05) is 7.11 Å². The number of carbonyl (C=O) groups excluding carboxylic acids is 1. The zero-order valence-corrected chi connectivity index (χ0v) is 11.2. The van der Waals surface area contributed by atoms with Gasteiger partial charge < -0.3 is 4.74 Å². The van der Waals surface area contributed by atoms with Crippen LogP contribution < -0.4 is 5.43 Å². The molecular weight excluding hydrogens is 244 g/mol. The molecule has 0 fully saturated rings. The number of benzene rings is 1. The average molecular weight is 260 g/mol. The van der Waals surface area contributed by atoms with Gasteiger partial charge in [-0.05, 0) is 31.0 Å². The fraction of sp³-hybridized carbons (Fsp3) is 0.357. The number of carbonyl (C=O) groups is 1. The van der Waals surface area contributed by atoms with Crippen molar-refractivity contribution < 1.29 is 9.53 Å². The molecule has 1 aromatic carbocycles. The third-order valence-electron chi connectivity index (χ3n) is 3.23. The van der Waals surface area contributed by atoms with Crippen LogP contribution in [0, 0.1) is 0 Å². The highest BCUT2D eigenvalue weighted by Gasteiger charge is 2.21. The minimum Gasteiger partial charge on any atom is -0.469 e. The Balaban J connectivity index is 2.62. The van der Waals surface area contributed by atoms with Gasteiger partial charge in [0.15, 0.2) is 0 Å². The van der Waals surface area contributed by atoms with Crippen LogP contribution in [0.25, 0.3) is 10.9 Å². The van der Waals surface area contributed by atoms with Gasteiger partial charge in [-0.15, -0.1) is 0 Å². The molecule has 2 rings (SSSR count). The second-order valence-electron chi connectivity index (χ2n) is 4.42. The summed E-state index contributed by atoms with van der Waals surface area (Å²) in [6, 6.07) is 5.61. The fourth-order valence-corrected chi connectivity index (χ4v) is 1.99. The summed E-state index contributed by atoms with van der Waals surface area (Å²) in [6.45, 7) is 3.63. The number of H-pyrrole nitrogens is 1. The summed E-state index contributed by atoms with van der Waals surface area (Å²) in [5.74, 6) is -1.15. The summed E-state index contributed by atoms with van der Waals surface area (Å²) in [5, 5.41) is 7.36. The smallest absolute Gasteiger partial charge is 0.314 e. The largest absolute Gasteiger partial charge is 0.469 e. The standard InChI is InChI=1S/C14H16N2O3/c1-4-9-5-6-11-10(7-9)13(17)12(16-15-11)8(2)14(18)19-3/h5-8H,4H2,1-3H3,(H,15,17). The highest BCUT2D eigenvalue weighted by molar-refractivity contribution is 5.82. The molecule has 0 spiro atoms. The summed E-state index contributed by atoms with van der Waals surface area (Å²) in [5.41, 5.74) is 1.71. The Hall–Kier alpha value is -2.17. The van der Waals surface area contributed by atoms with E-state index in [0.717, 1.165) is 12.0 Å². The Morgan fingerprint density at radius 1 is 1.47 bits per heavy atom. The Labute approximate surface area is 110 Å². The van der Waals surface area contributed by atoms with Crippen molar-refractivity contribution in [2.45, 2.75) is 26.2 Å². The molecule has 100 valence electrons. The highest BCUT2D eigenvalue weighted by Crippen LogP contribution is 2.15. The zero-order chi connectivity index (χ0) is 14.0. The monoisotopic (exact) mass is 260 g/mol. The SMILES string of the molecule is CCc1ccc2[nH]nc(C(C)C(=O)OC)c(=O)c2c1. The van der Waals surface area contributed by atoms with E-state index in [9.17, 15) is 9.59 Å². The molecule has 19 heavy (non-hydrogen) atoms. The van der Waals surface area contributed by atoms with Gasteiger partial charge in [0.1, 0.15) is 11.6 Å². The first-order chi connectivity index (χ1) is 9.08. The predicted molar refractivity (Wildman–Crippen MR) is 72.2 cm³/mol. The van der Waals surface area contributed by atoms with E-state index in [2.05, 4.69) is 14.9 Å². The lowest BCUT2D eigenvalue weighted by Crippen LogP contribution is -2.22. The van der Waals surface area contributed by atoms with Crippen LogP contribution in [-0.4, -0.2) is 23.3 Å². The number of aryl methyl sites for hydroxylation is 1. The quantitative estimate of drug-likeness (QED) is 0.853. The zero-order valence-electron chi connectivity index (χ0n) is 11.2. The Kier molecular flexibility index (Phi) is 3.64. The third-order valence-corrected chi connectivity index (χ3v) is 3.23. The Bertz CT molecular complexity index is 676. The van der Waals surface area contributed by atoms with Crippen LogP contribution in [-0.2, 0) is 16.0 Å². The molecule has 0 aliphatic heterocycles. The van der Waals surface area contributed by atoms with Crippen molar-refractivity contribution in [3.05, 3.63) is 39.7 Å². The summed E-state index contributed by atoms with van der Waals surface area (Å²) >= 11 is 0. The molecule has 0 saturated heterocycles. The van der Waals surface area contributed by atoms with Gasteiger partial charge in [0.2, 0.25) is 5.43 Å². The van der Waals surface area contributed by atoms with Gasteiger partial charge in [-0.25, -0.2) is 0 Å². The minimum atomic E-state index is -0.677. The molecule has 1 N–H and O–H groups in total. The molecular formula is C14H16N2O3. The van der Waals surface area contributed by atoms with Crippen molar-refractivity contribution >= 4 is 16.9 Å². The normalized spacial score (nSPS) is 12.4. The van der Waals surface area contributed by atoms with E-state index in [4.69, 9.17) is 0 Å². The van der Waals surface area contributed by atoms with Crippen LogP contribution in [0.4, 0.5) is 0 Å². The van der Waals surface area contributed by atoms with E-state index in [0.29, 0.717) is 10.9 Å². The van der Waals surface area contributed by atoms with Crippen LogP contribution in [0.15, 0.2) is 23.0 Å². The maximum absolute atomic E-state index is 12.4. The lowest BCUT2D eigenvalue weighted by Gasteiger charge is -2.08. The molecule has 0 radical (unpaired) electrons. The molecule has 5 nitrogen and oxygen atoms in total. The third kappa shape index (κ3) is 2.36. The van der Waals surface area contributed by atoms with Crippen LogP contribution in [0.2, 0.25) is 0 Å². The van der Waals surface area contributed by atoms with E-state index in [1.165, 1.54) is 7.11 Å². The van der Waals surface area contributed by atoms with Crippen molar-refractivity contribution in [3.8, 4) is 0 Å². The van der Waals surface area contributed by atoms with Gasteiger partial charge in [0.05, 0.1) is 12.6 Å². The predicted octanol–water partition coefficient (Wildman–Crippen LogP) is 1.76. The summed E-state index contributed by atoms with van der Waals surface area (Å²) < 4.78 is 4.65. The number of hydrogen-bond donors (Lipinski definition) is 1. The molecule has 1 heterocycles. The number of aromatic nitrogens is 2. The van der Waals surface area contributed by atoms with E-state index < -0.39 is 11.9 Å². The number of nitrogens with one attached hydrogen (secondary N) is 1. The maximum Gasteiger partial charge on any atom is 0.314 e. The first-order valence-electron chi connectivity index (χ1n) is 6.17. The number of ether oxygens (including phenoxy) is 1. The van der Waals surface area contributed by atoms with E-state index >= 15 is 0 Å². The maximum atomic E-state index is 12.4. The summed E-state index contributed by atoms with van der Waals surface area (Å²) in [7, 11) is 1.29. The molecule has 0 aliphatic carbocycles. The van der Waals surface area contributed by atoms with Gasteiger partial charge in [-0.3, -0.25) is 14.7 Å². The van der Waals surface area contributed by atoms with Crippen molar-refractivity contribution in [1.82, 2.24) is 10.2 Å². The number of aromatic amines is 1. The lowest BCUT2D eigenvalue weighted by molar-refractivity contribution is -0.142. The van der Waals surface area contributed by atoms with Gasteiger partial charge >= 0.3 is 5.97 Å². The first-order valence-corrected chi connectivity index (χ1v) is 6.17. The number of methoxy groups -OCH3 is 1. The van der Waals surface area contributed by atoms with Crippen LogP contribution in [0.1, 0.15) is 31.0 Å². The van der Waals surface area contributed by atoms with Gasteiger partial charge in [-0.1, -0.05) is 13.0 Å². The van der Waals surface area contributed by atoms with Crippen molar-refractivity contribution in [3.63, 3.8) is 0 Å². The molecule has 1 atom stereocenters. The molecule has 2 aromatic rings. The van der Waals surface area contributed by atoms with E-state index in [1.807, 2.05) is 25.1 Å². The molecule has 0 saturated carbocycles. The second kappa shape index (κ2) is 5.22. The number of fused-ring (bicyclic) bond motifs is 1. The van der Waals surface area contributed by atoms with Crippen molar-refractivity contribution in [1.29, 1.82) is 0 Å². The number of nitrogens with zero attached hydrogens (tertiary/aromatic N) is 1. The lowest BCUT2D eigenvalue weighted by atomic mass is 10.0. The van der Waals surface area contributed by atoms with Gasteiger partial charge in [0, 0.05) is 5.39 Å². The topological polar surface area (TPSA) is 72.1 Å². The molecule has 0 bridgehead atoms. The second-order valence-corrected chi connectivity index (χ2v) is 4.42. The van der Waals surface area contributed by atoms with Crippen molar-refractivity contribution in [2.24, 2.45) is 0 Å². The molecule has 0 amide bonds. The van der Waals surface area contributed by atoms with E-state index in [1.54, 1.807) is 6.92 Å². The average Bonchev–Trinajstić information content (AvgIpc) is 2.46.